The molecule has 1 unspecified atom stereocenters. The highest BCUT2D eigenvalue weighted by atomic mass is 19.1. The van der Waals surface area contributed by atoms with Crippen LogP contribution in [0.5, 0.6) is 0 Å². The predicted molar refractivity (Wildman–Crippen MR) is 73.2 cm³/mol. The molecule has 1 aromatic rings. The molecule has 0 bridgehead atoms. The maximum Gasteiger partial charge on any atom is 0.222 e. The Balaban J connectivity index is 1.97. The van der Waals surface area contributed by atoms with Gasteiger partial charge in [-0.1, -0.05) is 12.1 Å². The third-order valence-electron chi connectivity index (χ3n) is 3.59. The van der Waals surface area contributed by atoms with Crippen LogP contribution in [0.25, 0.3) is 0 Å². The third-order valence-corrected chi connectivity index (χ3v) is 3.59. The summed E-state index contributed by atoms with van der Waals surface area (Å²) in [5, 5.41) is 6.28. The molecule has 1 aliphatic rings. The molecule has 19 heavy (non-hydrogen) atoms. The molecule has 0 saturated carbocycles. The van der Waals surface area contributed by atoms with Gasteiger partial charge in [0.1, 0.15) is 5.82 Å². The summed E-state index contributed by atoms with van der Waals surface area (Å²) in [6.07, 6.45) is 2.66. The SMILES string of the molecule is CC(C)(NC(=O)CC1CCCN1)c1cccc(F)c1. The number of amides is 1. The maximum atomic E-state index is 13.2. The molecule has 1 aromatic carbocycles. The molecule has 2 N–H and O–H groups in total. The van der Waals surface area contributed by atoms with E-state index in [0.717, 1.165) is 24.9 Å². The van der Waals surface area contributed by atoms with Crippen molar-refractivity contribution in [3.05, 3.63) is 35.6 Å². The fourth-order valence-electron chi connectivity index (χ4n) is 2.50. The van der Waals surface area contributed by atoms with Crippen molar-refractivity contribution in [3.63, 3.8) is 0 Å². The van der Waals surface area contributed by atoms with Crippen molar-refractivity contribution < 1.29 is 9.18 Å². The van der Waals surface area contributed by atoms with Crippen LogP contribution in [0.4, 0.5) is 4.39 Å². The first-order valence-electron chi connectivity index (χ1n) is 6.78. The number of nitrogens with one attached hydrogen (secondary N) is 2. The van der Waals surface area contributed by atoms with Gasteiger partial charge in [-0.3, -0.25) is 4.79 Å². The highest BCUT2D eigenvalue weighted by Gasteiger charge is 2.25. The molecule has 1 saturated heterocycles. The van der Waals surface area contributed by atoms with Crippen LogP contribution in [0.2, 0.25) is 0 Å². The third kappa shape index (κ3) is 3.77. The maximum absolute atomic E-state index is 13.2. The van der Waals surface area contributed by atoms with E-state index in [0.29, 0.717) is 6.42 Å². The minimum Gasteiger partial charge on any atom is -0.347 e. The van der Waals surface area contributed by atoms with Crippen LogP contribution in [-0.2, 0) is 10.3 Å². The molecule has 1 aliphatic heterocycles. The van der Waals surface area contributed by atoms with Gasteiger partial charge in [-0.25, -0.2) is 4.39 Å². The lowest BCUT2D eigenvalue weighted by Crippen LogP contribution is -2.43. The molecule has 1 heterocycles. The molecule has 1 fully saturated rings. The Morgan fingerprint density at radius 3 is 2.95 bits per heavy atom. The Morgan fingerprint density at radius 2 is 2.32 bits per heavy atom. The van der Waals surface area contributed by atoms with E-state index in [1.165, 1.54) is 12.1 Å². The normalized spacial score (nSPS) is 19.4. The van der Waals surface area contributed by atoms with Gasteiger partial charge in [0, 0.05) is 12.5 Å². The van der Waals surface area contributed by atoms with E-state index in [4.69, 9.17) is 0 Å². The summed E-state index contributed by atoms with van der Waals surface area (Å²) < 4.78 is 13.2. The van der Waals surface area contributed by atoms with Gasteiger partial charge in [0.2, 0.25) is 5.91 Å². The average Bonchev–Trinajstić information content (AvgIpc) is 2.81. The highest BCUT2D eigenvalue weighted by Crippen LogP contribution is 2.21. The zero-order chi connectivity index (χ0) is 13.9. The first-order valence-corrected chi connectivity index (χ1v) is 6.78. The second-order valence-corrected chi connectivity index (χ2v) is 5.68. The topological polar surface area (TPSA) is 41.1 Å². The van der Waals surface area contributed by atoms with Crippen molar-refractivity contribution >= 4 is 5.91 Å². The lowest BCUT2D eigenvalue weighted by atomic mass is 9.93. The molecule has 1 atom stereocenters. The summed E-state index contributed by atoms with van der Waals surface area (Å²) in [5.74, 6) is -0.272. The first kappa shape index (κ1) is 14.0. The van der Waals surface area contributed by atoms with Crippen LogP contribution >= 0.6 is 0 Å². The van der Waals surface area contributed by atoms with Crippen molar-refractivity contribution in [2.45, 2.75) is 44.7 Å². The summed E-state index contributed by atoms with van der Waals surface area (Å²) in [4.78, 5) is 12.0. The standard InChI is InChI=1S/C15H21FN2O/c1-15(2,11-5-3-6-12(16)9-11)18-14(19)10-13-7-4-8-17-13/h3,5-6,9,13,17H,4,7-8,10H2,1-2H3,(H,18,19). The molecule has 104 valence electrons. The largest absolute Gasteiger partial charge is 0.347 e. The highest BCUT2D eigenvalue weighted by molar-refractivity contribution is 5.77. The Hall–Kier alpha value is -1.42. The van der Waals surface area contributed by atoms with Crippen LogP contribution in [-0.4, -0.2) is 18.5 Å². The van der Waals surface area contributed by atoms with Gasteiger partial charge >= 0.3 is 0 Å². The van der Waals surface area contributed by atoms with Crippen LogP contribution in [0.3, 0.4) is 0 Å². The number of benzene rings is 1. The molecule has 4 heteroatoms. The molecule has 0 aromatic heterocycles. The van der Waals surface area contributed by atoms with E-state index < -0.39 is 5.54 Å². The van der Waals surface area contributed by atoms with E-state index in [-0.39, 0.29) is 17.8 Å². The molecular weight excluding hydrogens is 243 g/mol. The van der Waals surface area contributed by atoms with E-state index in [9.17, 15) is 9.18 Å². The minimum absolute atomic E-state index is 0.00802. The van der Waals surface area contributed by atoms with E-state index in [2.05, 4.69) is 10.6 Å². The number of hydrogen-bond donors (Lipinski definition) is 2. The molecular formula is C15H21FN2O. The lowest BCUT2D eigenvalue weighted by Gasteiger charge is -2.27. The van der Waals surface area contributed by atoms with Gasteiger partial charge < -0.3 is 10.6 Å². The smallest absolute Gasteiger partial charge is 0.222 e. The van der Waals surface area contributed by atoms with Crippen LogP contribution in [0, 0.1) is 5.82 Å². The molecule has 3 nitrogen and oxygen atoms in total. The summed E-state index contributed by atoms with van der Waals surface area (Å²) in [7, 11) is 0. The quantitative estimate of drug-likeness (QED) is 0.876. The van der Waals surface area contributed by atoms with Crippen molar-refractivity contribution in [2.75, 3.05) is 6.54 Å². The number of hydrogen-bond acceptors (Lipinski definition) is 2. The average molecular weight is 264 g/mol. The van der Waals surface area contributed by atoms with Crippen molar-refractivity contribution in [2.24, 2.45) is 0 Å². The minimum atomic E-state index is -0.558. The zero-order valence-corrected chi connectivity index (χ0v) is 11.5. The molecule has 1 amide bonds. The Bertz CT molecular complexity index is 453. The fourth-order valence-corrected chi connectivity index (χ4v) is 2.50. The Morgan fingerprint density at radius 1 is 1.53 bits per heavy atom. The lowest BCUT2D eigenvalue weighted by molar-refractivity contribution is -0.123. The number of rotatable bonds is 4. The number of carbonyl (C=O) groups is 1. The van der Waals surface area contributed by atoms with Crippen molar-refractivity contribution in [3.8, 4) is 0 Å². The molecule has 0 radical (unpaired) electrons. The summed E-state index contributed by atoms with van der Waals surface area (Å²) in [5.41, 5.74) is 0.220. The summed E-state index contributed by atoms with van der Waals surface area (Å²) >= 11 is 0. The van der Waals surface area contributed by atoms with Gasteiger partial charge in [-0.05, 0) is 50.9 Å². The van der Waals surface area contributed by atoms with Gasteiger partial charge in [-0.15, -0.1) is 0 Å². The van der Waals surface area contributed by atoms with E-state index >= 15 is 0 Å². The zero-order valence-electron chi connectivity index (χ0n) is 11.5. The van der Waals surface area contributed by atoms with Gasteiger partial charge in [0.05, 0.1) is 5.54 Å². The van der Waals surface area contributed by atoms with Gasteiger partial charge in [0.25, 0.3) is 0 Å². The van der Waals surface area contributed by atoms with E-state index in [1.54, 1.807) is 6.07 Å². The summed E-state index contributed by atoms with van der Waals surface area (Å²) in [6.45, 7) is 4.77. The number of halogens is 1. The Labute approximate surface area is 113 Å². The predicted octanol–water partition coefficient (Wildman–Crippen LogP) is 2.32. The second kappa shape index (κ2) is 5.70. The van der Waals surface area contributed by atoms with Crippen molar-refractivity contribution in [1.82, 2.24) is 10.6 Å². The van der Waals surface area contributed by atoms with Gasteiger partial charge in [-0.2, -0.15) is 0 Å². The first-order chi connectivity index (χ1) is 8.97. The molecule has 0 aliphatic carbocycles. The van der Waals surface area contributed by atoms with E-state index in [1.807, 2.05) is 19.9 Å². The monoisotopic (exact) mass is 264 g/mol. The number of carbonyl (C=O) groups excluding carboxylic acids is 1. The second-order valence-electron chi connectivity index (χ2n) is 5.68. The van der Waals surface area contributed by atoms with Gasteiger partial charge in [0.15, 0.2) is 0 Å². The molecule has 2 rings (SSSR count). The molecule has 0 spiro atoms. The van der Waals surface area contributed by atoms with Crippen LogP contribution < -0.4 is 10.6 Å². The Kier molecular flexibility index (Phi) is 4.20. The fraction of sp³-hybridized carbons (Fsp3) is 0.533. The van der Waals surface area contributed by atoms with Crippen molar-refractivity contribution in [1.29, 1.82) is 0 Å². The van der Waals surface area contributed by atoms with Crippen LogP contribution in [0.1, 0.15) is 38.7 Å². The summed E-state index contributed by atoms with van der Waals surface area (Å²) in [6, 6.07) is 6.65. The van der Waals surface area contributed by atoms with Crippen LogP contribution in [0.15, 0.2) is 24.3 Å².